The summed E-state index contributed by atoms with van der Waals surface area (Å²) in [5, 5.41) is 6.90. The number of aromatic nitrogens is 3. The zero-order valence-corrected chi connectivity index (χ0v) is 16.9. The number of hydrogen-bond acceptors (Lipinski definition) is 5. The third-order valence-electron chi connectivity index (χ3n) is 4.97. The van der Waals surface area contributed by atoms with E-state index >= 15 is 0 Å². The van der Waals surface area contributed by atoms with E-state index in [2.05, 4.69) is 22.4 Å². The van der Waals surface area contributed by atoms with E-state index < -0.39 is 0 Å². The SMILES string of the molecule is CCc1cccc(NC(=O)CCn2cnc3c(-c4ccc(C)cc4)noc3c2=O)c1. The second kappa shape index (κ2) is 8.32. The summed E-state index contributed by atoms with van der Waals surface area (Å²) >= 11 is 0. The zero-order valence-electron chi connectivity index (χ0n) is 16.9. The minimum Gasteiger partial charge on any atom is -0.348 e. The van der Waals surface area contributed by atoms with Crippen molar-refractivity contribution in [1.82, 2.24) is 14.7 Å². The van der Waals surface area contributed by atoms with Crippen LogP contribution in [0.25, 0.3) is 22.4 Å². The quantitative estimate of drug-likeness (QED) is 0.527. The third kappa shape index (κ3) is 4.00. The lowest BCUT2D eigenvalue weighted by atomic mass is 10.1. The number of fused-ring (bicyclic) bond motifs is 1. The number of nitrogens with one attached hydrogen (secondary N) is 1. The molecule has 7 nitrogen and oxygen atoms in total. The van der Waals surface area contributed by atoms with Gasteiger partial charge in [0, 0.05) is 24.2 Å². The van der Waals surface area contributed by atoms with E-state index in [9.17, 15) is 9.59 Å². The Bertz CT molecular complexity index is 1260. The lowest BCUT2D eigenvalue weighted by Crippen LogP contribution is -2.23. The highest BCUT2D eigenvalue weighted by Crippen LogP contribution is 2.24. The molecule has 4 aromatic rings. The van der Waals surface area contributed by atoms with Gasteiger partial charge in [0.05, 0.1) is 6.33 Å². The minimum atomic E-state index is -0.355. The van der Waals surface area contributed by atoms with E-state index in [1.54, 1.807) is 0 Å². The number of benzene rings is 2. The van der Waals surface area contributed by atoms with Gasteiger partial charge in [0.25, 0.3) is 11.1 Å². The maximum atomic E-state index is 12.7. The molecule has 0 bridgehead atoms. The molecule has 1 N–H and O–H groups in total. The lowest BCUT2D eigenvalue weighted by Gasteiger charge is -2.08. The molecular formula is C23H22N4O3. The Morgan fingerprint density at radius 2 is 1.97 bits per heavy atom. The highest BCUT2D eigenvalue weighted by atomic mass is 16.5. The van der Waals surface area contributed by atoms with Gasteiger partial charge in [-0.1, -0.05) is 54.0 Å². The largest absolute Gasteiger partial charge is 0.348 e. The fraction of sp³-hybridized carbons (Fsp3) is 0.217. The second-order valence-corrected chi connectivity index (χ2v) is 7.17. The van der Waals surface area contributed by atoms with Crippen LogP contribution < -0.4 is 10.9 Å². The Balaban J connectivity index is 1.49. The van der Waals surface area contributed by atoms with Gasteiger partial charge in [0.2, 0.25) is 5.91 Å². The second-order valence-electron chi connectivity index (χ2n) is 7.17. The van der Waals surface area contributed by atoms with E-state index in [-0.39, 0.29) is 30.0 Å². The van der Waals surface area contributed by atoms with Crippen molar-refractivity contribution in [2.24, 2.45) is 0 Å². The van der Waals surface area contributed by atoms with Crippen molar-refractivity contribution in [3.05, 3.63) is 76.3 Å². The first-order valence-corrected chi connectivity index (χ1v) is 9.86. The number of nitrogens with zero attached hydrogens (tertiary/aromatic N) is 3. The predicted molar refractivity (Wildman–Crippen MR) is 115 cm³/mol. The maximum absolute atomic E-state index is 12.7. The van der Waals surface area contributed by atoms with E-state index in [1.165, 1.54) is 10.9 Å². The fourth-order valence-electron chi connectivity index (χ4n) is 3.23. The molecule has 0 spiro atoms. The summed E-state index contributed by atoms with van der Waals surface area (Å²) in [6.45, 7) is 4.25. The lowest BCUT2D eigenvalue weighted by molar-refractivity contribution is -0.116. The normalized spacial score (nSPS) is 11.0. The molecule has 0 aliphatic rings. The smallest absolute Gasteiger partial charge is 0.299 e. The van der Waals surface area contributed by atoms with Crippen molar-refractivity contribution < 1.29 is 9.32 Å². The number of carbonyl (C=O) groups is 1. The van der Waals surface area contributed by atoms with Gasteiger partial charge in [-0.15, -0.1) is 0 Å². The number of carbonyl (C=O) groups excluding carboxylic acids is 1. The van der Waals surface area contributed by atoms with E-state index in [0.29, 0.717) is 11.2 Å². The van der Waals surface area contributed by atoms with Crippen LogP contribution in [-0.4, -0.2) is 20.6 Å². The van der Waals surface area contributed by atoms with Crippen molar-refractivity contribution in [3.63, 3.8) is 0 Å². The molecule has 0 atom stereocenters. The van der Waals surface area contributed by atoms with Crippen LogP contribution in [-0.2, 0) is 17.8 Å². The first-order valence-electron chi connectivity index (χ1n) is 9.86. The van der Waals surface area contributed by atoms with Gasteiger partial charge >= 0.3 is 0 Å². The molecule has 1 amide bonds. The summed E-state index contributed by atoms with van der Waals surface area (Å²) in [5.74, 6) is -0.173. The van der Waals surface area contributed by atoms with E-state index in [0.717, 1.165) is 28.8 Å². The Morgan fingerprint density at radius 3 is 2.73 bits per heavy atom. The van der Waals surface area contributed by atoms with Crippen LogP contribution in [0, 0.1) is 6.92 Å². The van der Waals surface area contributed by atoms with Crippen LogP contribution in [0.1, 0.15) is 24.5 Å². The molecule has 0 saturated heterocycles. The molecule has 0 radical (unpaired) electrons. The first-order chi connectivity index (χ1) is 14.5. The highest BCUT2D eigenvalue weighted by Gasteiger charge is 2.16. The fourth-order valence-corrected chi connectivity index (χ4v) is 3.23. The average molecular weight is 402 g/mol. The third-order valence-corrected chi connectivity index (χ3v) is 4.97. The van der Waals surface area contributed by atoms with Gasteiger partial charge in [-0.25, -0.2) is 4.98 Å². The number of anilines is 1. The number of hydrogen-bond donors (Lipinski definition) is 1. The topological polar surface area (TPSA) is 90.0 Å². The molecule has 0 fully saturated rings. The molecule has 152 valence electrons. The minimum absolute atomic E-state index is 0.0872. The summed E-state index contributed by atoms with van der Waals surface area (Å²) < 4.78 is 6.66. The van der Waals surface area contributed by atoms with Gasteiger partial charge in [0.15, 0.2) is 0 Å². The van der Waals surface area contributed by atoms with E-state index in [4.69, 9.17) is 4.52 Å². The maximum Gasteiger partial charge on any atom is 0.299 e. The van der Waals surface area contributed by atoms with Crippen molar-refractivity contribution in [2.45, 2.75) is 33.2 Å². The Labute approximate surface area is 173 Å². The van der Waals surface area contributed by atoms with Crippen molar-refractivity contribution in [2.75, 3.05) is 5.32 Å². The molecular weight excluding hydrogens is 380 g/mol. The Morgan fingerprint density at radius 1 is 1.17 bits per heavy atom. The molecule has 2 aromatic carbocycles. The summed E-state index contributed by atoms with van der Waals surface area (Å²) in [5.41, 5.74) is 4.53. The number of aryl methyl sites for hydroxylation is 3. The van der Waals surface area contributed by atoms with Crippen LogP contribution >= 0.6 is 0 Å². The van der Waals surface area contributed by atoms with Gasteiger partial charge in [-0.2, -0.15) is 0 Å². The number of rotatable bonds is 6. The van der Waals surface area contributed by atoms with Gasteiger partial charge in [-0.05, 0) is 31.0 Å². The summed E-state index contributed by atoms with van der Waals surface area (Å²) in [7, 11) is 0. The Kier molecular flexibility index (Phi) is 5.43. The molecule has 2 heterocycles. The molecule has 7 heteroatoms. The van der Waals surface area contributed by atoms with Crippen LogP contribution in [0.4, 0.5) is 5.69 Å². The van der Waals surface area contributed by atoms with Crippen molar-refractivity contribution in [3.8, 4) is 11.3 Å². The Hall–Kier alpha value is -3.74. The van der Waals surface area contributed by atoms with Gasteiger partial charge in [0.1, 0.15) is 11.2 Å². The molecule has 0 aliphatic heterocycles. The first kappa shape index (κ1) is 19.6. The standard InChI is InChI=1S/C23H22N4O3/c1-3-16-5-4-6-18(13-16)25-19(28)11-12-27-14-24-21-20(26-30-22(21)23(27)29)17-9-7-15(2)8-10-17/h4-10,13-14H,3,11-12H2,1-2H3,(H,25,28). The summed E-state index contributed by atoms with van der Waals surface area (Å²) in [4.78, 5) is 29.4. The molecule has 0 aliphatic carbocycles. The summed E-state index contributed by atoms with van der Waals surface area (Å²) in [6, 6.07) is 15.5. The van der Waals surface area contributed by atoms with Gasteiger partial charge in [-0.3, -0.25) is 14.2 Å². The predicted octanol–water partition coefficient (Wildman–Crippen LogP) is 3.95. The molecule has 2 aromatic heterocycles. The molecule has 30 heavy (non-hydrogen) atoms. The van der Waals surface area contributed by atoms with Gasteiger partial charge < -0.3 is 9.84 Å². The highest BCUT2D eigenvalue weighted by molar-refractivity contribution is 5.91. The van der Waals surface area contributed by atoms with Crippen molar-refractivity contribution >= 4 is 22.7 Å². The average Bonchev–Trinajstić information content (AvgIpc) is 3.19. The molecule has 4 rings (SSSR count). The monoisotopic (exact) mass is 402 g/mol. The van der Waals surface area contributed by atoms with Crippen LogP contribution in [0.2, 0.25) is 0 Å². The summed E-state index contributed by atoms with van der Waals surface area (Å²) in [6.07, 6.45) is 2.47. The van der Waals surface area contributed by atoms with Crippen LogP contribution in [0.5, 0.6) is 0 Å². The number of amides is 1. The van der Waals surface area contributed by atoms with Crippen LogP contribution in [0.3, 0.4) is 0 Å². The van der Waals surface area contributed by atoms with E-state index in [1.807, 2.05) is 55.5 Å². The zero-order chi connectivity index (χ0) is 21.1. The van der Waals surface area contributed by atoms with Crippen molar-refractivity contribution in [1.29, 1.82) is 0 Å². The molecule has 0 saturated carbocycles. The van der Waals surface area contributed by atoms with Crippen LogP contribution in [0.15, 0.2) is 64.2 Å². The molecule has 0 unspecified atom stereocenters.